The molecule has 0 unspecified atom stereocenters. The summed E-state index contributed by atoms with van der Waals surface area (Å²) < 4.78 is 17.8. The lowest BCUT2D eigenvalue weighted by atomic mass is 10.1. The maximum absolute atomic E-state index is 10.1. The first kappa shape index (κ1) is 24.6. The van der Waals surface area contributed by atoms with Gasteiger partial charge in [-0.05, 0) is 19.4 Å². The molecule has 1 atom stereocenters. The van der Waals surface area contributed by atoms with Crippen molar-refractivity contribution in [3.05, 3.63) is 0 Å². The molecule has 0 aliphatic heterocycles. The second kappa shape index (κ2) is 12.4. The van der Waals surface area contributed by atoms with Crippen LogP contribution in [0.25, 0.3) is 0 Å². The predicted molar refractivity (Wildman–Crippen MR) is 67.0 cm³/mol. The van der Waals surface area contributed by atoms with Gasteiger partial charge in [-0.25, -0.2) is 9.13 Å². The van der Waals surface area contributed by atoms with Crippen molar-refractivity contribution in [1.29, 1.82) is 0 Å². The molecule has 20 heavy (non-hydrogen) atoms. The SMILES string of the molecule is NCCCC[C@H](N)C(=O)O.O=P(O)(O)O.O=P(O)(O)O. The minimum atomic E-state index is -4.64. The zero-order valence-electron chi connectivity index (χ0n) is 10.3. The summed E-state index contributed by atoms with van der Waals surface area (Å²) in [6.07, 6.45) is 2.16. The zero-order valence-corrected chi connectivity index (χ0v) is 12.1. The van der Waals surface area contributed by atoms with Gasteiger partial charge in [-0.2, -0.15) is 0 Å². The van der Waals surface area contributed by atoms with Crippen molar-refractivity contribution in [2.24, 2.45) is 11.5 Å². The predicted octanol–water partition coefficient (Wildman–Crippen LogP) is -2.33. The molecule has 0 aliphatic rings. The van der Waals surface area contributed by atoms with Crippen molar-refractivity contribution in [2.45, 2.75) is 25.3 Å². The number of phosphoric acid groups is 2. The molecule has 124 valence electrons. The van der Waals surface area contributed by atoms with E-state index in [-0.39, 0.29) is 0 Å². The molecule has 0 bridgehead atoms. The first-order valence-corrected chi connectivity index (χ1v) is 8.06. The Kier molecular flexibility index (Phi) is 15.2. The molecule has 0 spiro atoms. The molecule has 0 fully saturated rings. The molecule has 0 rings (SSSR count). The van der Waals surface area contributed by atoms with Crippen molar-refractivity contribution < 1.29 is 48.4 Å². The fourth-order valence-corrected chi connectivity index (χ4v) is 0.632. The number of carbonyl (C=O) groups is 1. The van der Waals surface area contributed by atoms with E-state index in [2.05, 4.69) is 0 Å². The fraction of sp³-hybridized carbons (Fsp3) is 0.833. The van der Waals surface area contributed by atoms with E-state index in [1.807, 2.05) is 0 Å². The standard InChI is InChI=1S/C6H14N2O2.2H3O4P/c7-4-2-1-3-5(8)6(9)10;2*1-5(2,3)4/h5H,1-4,7-8H2,(H,9,10);2*(H3,1,2,3,4)/t5-;;/m0../s1. The van der Waals surface area contributed by atoms with Crippen molar-refractivity contribution in [2.75, 3.05) is 6.54 Å². The molecular formula is C6H20N2O10P2. The van der Waals surface area contributed by atoms with Crippen LogP contribution in [-0.2, 0) is 13.9 Å². The third kappa shape index (κ3) is 65.5. The van der Waals surface area contributed by atoms with Crippen molar-refractivity contribution >= 4 is 21.6 Å². The van der Waals surface area contributed by atoms with E-state index >= 15 is 0 Å². The first-order chi connectivity index (χ1) is 8.68. The molecule has 0 radical (unpaired) electrons. The van der Waals surface area contributed by atoms with Crippen LogP contribution in [0.2, 0.25) is 0 Å². The number of hydrogen-bond acceptors (Lipinski definition) is 5. The van der Waals surface area contributed by atoms with E-state index in [0.29, 0.717) is 13.0 Å². The highest BCUT2D eigenvalue weighted by Gasteiger charge is 2.09. The molecule has 0 aromatic carbocycles. The second-order valence-electron chi connectivity index (χ2n) is 3.26. The monoisotopic (exact) mass is 342 g/mol. The highest BCUT2D eigenvalue weighted by molar-refractivity contribution is 7.45. The van der Waals surface area contributed by atoms with Crippen molar-refractivity contribution in [3.63, 3.8) is 0 Å². The summed E-state index contributed by atoms with van der Waals surface area (Å²) in [5.74, 6) is -0.933. The van der Waals surface area contributed by atoms with Crippen molar-refractivity contribution in [1.82, 2.24) is 0 Å². The molecule has 11 N–H and O–H groups in total. The third-order valence-corrected chi connectivity index (χ3v) is 1.29. The van der Waals surface area contributed by atoms with Crippen LogP contribution in [0.3, 0.4) is 0 Å². The Balaban J connectivity index is -0.000000244. The summed E-state index contributed by atoms with van der Waals surface area (Å²) in [4.78, 5) is 53.3. The van der Waals surface area contributed by atoms with Gasteiger partial charge in [-0.3, -0.25) is 4.79 Å². The average Bonchev–Trinajstić information content (AvgIpc) is 2.12. The Morgan fingerprint density at radius 2 is 1.25 bits per heavy atom. The van der Waals surface area contributed by atoms with Gasteiger partial charge in [0.2, 0.25) is 0 Å². The van der Waals surface area contributed by atoms with Gasteiger partial charge in [0.1, 0.15) is 6.04 Å². The van der Waals surface area contributed by atoms with Gasteiger partial charge in [0.25, 0.3) is 0 Å². The Bertz CT molecular complexity index is 302. The summed E-state index contributed by atoms with van der Waals surface area (Å²) in [6, 6.07) is -0.716. The van der Waals surface area contributed by atoms with Crippen molar-refractivity contribution in [3.8, 4) is 0 Å². The summed E-state index contributed by atoms with van der Waals surface area (Å²) in [5.41, 5.74) is 10.4. The lowest BCUT2D eigenvalue weighted by Crippen LogP contribution is -2.29. The highest BCUT2D eigenvalue weighted by atomic mass is 31.2. The number of rotatable bonds is 5. The van der Waals surface area contributed by atoms with Gasteiger partial charge in [-0.1, -0.05) is 6.42 Å². The number of unbranched alkanes of at least 4 members (excludes halogenated alkanes) is 1. The number of aliphatic carboxylic acids is 1. The molecule has 0 aliphatic carbocycles. The van der Waals surface area contributed by atoms with Crippen LogP contribution < -0.4 is 11.5 Å². The summed E-state index contributed by atoms with van der Waals surface area (Å²) in [7, 11) is -9.28. The maximum atomic E-state index is 10.1. The van der Waals surface area contributed by atoms with Gasteiger partial charge in [-0.15, -0.1) is 0 Å². The van der Waals surface area contributed by atoms with E-state index in [4.69, 9.17) is 55.1 Å². The molecule has 0 aromatic rings. The summed E-state index contributed by atoms with van der Waals surface area (Å²) >= 11 is 0. The Morgan fingerprint density at radius 1 is 0.950 bits per heavy atom. The minimum absolute atomic E-state index is 0.520. The maximum Gasteiger partial charge on any atom is 0.466 e. The zero-order chi connectivity index (χ0) is 17.0. The van der Waals surface area contributed by atoms with E-state index in [0.717, 1.165) is 12.8 Å². The van der Waals surface area contributed by atoms with E-state index in [9.17, 15) is 4.79 Å². The normalized spacial score (nSPS) is 12.4. The van der Waals surface area contributed by atoms with Gasteiger partial charge in [0.15, 0.2) is 0 Å². The van der Waals surface area contributed by atoms with Crippen LogP contribution in [0, 0.1) is 0 Å². The number of nitrogens with two attached hydrogens (primary N) is 2. The van der Waals surface area contributed by atoms with Gasteiger partial charge in [0.05, 0.1) is 0 Å². The lowest BCUT2D eigenvalue weighted by molar-refractivity contribution is -0.138. The molecule has 12 nitrogen and oxygen atoms in total. The number of carboxylic acids is 1. The highest BCUT2D eigenvalue weighted by Crippen LogP contribution is 2.26. The van der Waals surface area contributed by atoms with Crippen LogP contribution >= 0.6 is 15.6 Å². The quantitative estimate of drug-likeness (QED) is 0.188. The Hall–Kier alpha value is -0.390. The number of carboxylic acid groups (broad SMARTS) is 1. The molecule has 0 saturated carbocycles. The van der Waals surface area contributed by atoms with E-state index in [1.165, 1.54) is 0 Å². The topological polar surface area (TPSA) is 245 Å². The summed E-state index contributed by atoms with van der Waals surface area (Å²) in [6.45, 7) is 0.604. The van der Waals surface area contributed by atoms with Gasteiger partial charge in [0, 0.05) is 0 Å². The van der Waals surface area contributed by atoms with Gasteiger partial charge < -0.3 is 45.9 Å². The Morgan fingerprint density at radius 3 is 1.45 bits per heavy atom. The smallest absolute Gasteiger partial charge is 0.466 e. The summed E-state index contributed by atoms with van der Waals surface area (Å²) in [5, 5.41) is 8.33. The van der Waals surface area contributed by atoms with Crippen LogP contribution in [0.5, 0.6) is 0 Å². The third-order valence-electron chi connectivity index (χ3n) is 1.29. The molecule has 0 heterocycles. The van der Waals surface area contributed by atoms with Crippen LogP contribution in [-0.4, -0.2) is 53.0 Å². The van der Waals surface area contributed by atoms with E-state index in [1.54, 1.807) is 0 Å². The molecular weight excluding hydrogens is 322 g/mol. The van der Waals surface area contributed by atoms with E-state index < -0.39 is 27.7 Å². The van der Waals surface area contributed by atoms with Gasteiger partial charge >= 0.3 is 21.6 Å². The number of hydrogen-bond donors (Lipinski definition) is 9. The minimum Gasteiger partial charge on any atom is -0.480 e. The average molecular weight is 342 g/mol. The molecule has 14 heteroatoms. The molecule has 0 amide bonds. The van der Waals surface area contributed by atoms with Crippen LogP contribution in [0.15, 0.2) is 0 Å². The van der Waals surface area contributed by atoms with Crippen LogP contribution in [0.4, 0.5) is 0 Å². The Labute approximate surface area is 114 Å². The largest absolute Gasteiger partial charge is 0.480 e. The lowest BCUT2D eigenvalue weighted by Gasteiger charge is -2.03. The first-order valence-electron chi connectivity index (χ1n) is 4.93. The van der Waals surface area contributed by atoms with Crippen LogP contribution in [0.1, 0.15) is 19.3 Å². The second-order valence-corrected chi connectivity index (χ2v) is 5.31. The molecule has 0 aromatic heterocycles. The molecule has 0 saturated heterocycles. The fourth-order valence-electron chi connectivity index (χ4n) is 0.632.